The van der Waals surface area contributed by atoms with Gasteiger partial charge in [-0.15, -0.1) is 0 Å². The van der Waals surface area contributed by atoms with E-state index in [1.165, 1.54) is 0 Å². The van der Waals surface area contributed by atoms with Gasteiger partial charge in [0.05, 0.1) is 23.2 Å². The van der Waals surface area contributed by atoms with Crippen LogP contribution in [0.15, 0.2) is 72.8 Å². The van der Waals surface area contributed by atoms with Crippen molar-refractivity contribution in [2.45, 2.75) is 13.8 Å². The number of hydrogen-bond acceptors (Lipinski definition) is 5. The summed E-state index contributed by atoms with van der Waals surface area (Å²) in [6, 6.07) is 21.9. The predicted octanol–water partition coefficient (Wildman–Crippen LogP) is 4.77. The summed E-state index contributed by atoms with van der Waals surface area (Å²) in [5.41, 5.74) is 3.40. The SMILES string of the molecule is CCOc1ccc(C(=O)COC(=O)c2ccc3c(c2)nc(C)n3-c2ccccc2)cc1. The Kier molecular flexibility index (Phi) is 5.80. The Labute approximate surface area is 180 Å². The Morgan fingerprint density at radius 1 is 0.935 bits per heavy atom. The van der Waals surface area contributed by atoms with Gasteiger partial charge in [-0.1, -0.05) is 18.2 Å². The van der Waals surface area contributed by atoms with Crippen molar-refractivity contribution in [2.75, 3.05) is 13.2 Å². The van der Waals surface area contributed by atoms with Gasteiger partial charge in [0.15, 0.2) is 12.4 Å². The third kappa shape index (κ3) is 4.33. The standard InChI is InChI=1S/C25H22N2O4/c1-3-30-21-12-9-18(10-13-21)24(28)16-31-25(29)19-11-14-23-22(15-19)26-17(2)27(23)20-7-5-4-6-8-20/h4-15H,3,16H2,1-2H3. The maximum atomic E-state index is 12.5. The molecule has 0 aliphatic heterocycles. The molecule has 0 fully saturated rings. The van der Waals surface area contributed by atoms with Gasteiger partial charge in [-0.05, 0) is 68.4 Å². The highest BCUT2D eigenvalue weighted by molar-refractivity contribution is 6.00. The Morgan fingerprint density at radius 3 is 2.35 bits per heavy atom. The van der Waals surface area contributed by atoms with Gasteiger partial charge in [-0.3, -0.25) is 9.36 Å². The summed E-state index contributed by atoms with van der Waals surface area (Å²) in [5, 5.41) is 0. The highest BCUT2D eigenvalue weighted by atomic mass is 16.5. The number of Topliss-reactive ketones (excluding diaryl/α,β-unsaturated/α-hetero) is 1. The molecule has 156 valence electrons. The molecule has 0 aliphatic carbocycles. The maximum absolute atomic E-state index is 12.5. The molecule has 0 saturated carbocycles. The van der Waals surface area contributed by atoms with Crippen molar-refractivity contribution in [1.29, 1.82) is 0 Å². The number of ether oxygens (including phenoxy) is 2. The van der Waals surface area contributed by atoms with Crippen molar-refractivity contribution >= 4 is 22.8 Å². The molecule has 31 heavy (non-hydrogen) atoms. The molecule has 0 saturated heterocycles. The minimum Gasteiger partial charge on any atom is -0.494 e. The number of nitrogens with zero attached hydrogens (tertiary/aromatic N) is 2. The lowest BCUT2D eigenvalue weighted by Crippen LogP contribution is -2.14. The topological polar surface area (TPSA) is 70.4 Å². The number of esters is 1. The van der Waals surface area contributed by atoms with E-state index in [2.05, 4.69) is 4.98 Å². The van der Waals surface area contributed by atoms with E-state index in [0.717, 1.165) is 17.0 Å². The number of benzene rings is 3. The van der Waals surface area contributed by atoms with Crippen LogP contribution < -0.4 is 4.74 Å². The zero-order chi connectivity index (χ0) is 21.8. The largest absolute Gasteiger partial charge is 0.494 e. The van der Waals surface area contributed by atoms with E-state index in [4.69, 9.17) is 9.47 Å². The van der Waals surface area contributed by atoms with Gasteiger partial charge in [0.25, 0.3) is 0 Å². The van der Waals surface area contributed by atoms with Gasteiger partial charge < -0.3 is 9.47 Å². The van der Waals surface area contributed by atoms with E-state index >= 15 is 0 Å². The summed E-state index contributed by atoms with van der Waals surface area (Å²) in [7, 11) is 0. The Morgan fingerprint density at radius 2 is 1.65 bits per heavy atom. The monoisotopic (exact) mass is 414 g/mol. The molecule has 6 heteroatoms. The number of ketones is 1. The molecule has 0 bridgehead atoms. The van der Waals surface area contributed by atoms with E-state index < -0.39 is 5.97 Å². The second-order valence-corrected chi connectivity index (χ2v) is 6.99. The second-order valence-electron chi connectivity index (χ2n) is 6.99. The molecule has 0 unspecified atom stereocenters. The van der Waals surface area contributed by atoms with E-state index in [-0.39, 0.29) is 12.4 Å². The van der Waals surface area contributed by atoms with Crippen LogP contribution in [0.1, 0.15) is 33.5 Å². The molecule has 0 aliphatic rings. The average Bonchev–Trinajstić information content (AvgIpc) is 3.13. The van der Waals surface area contributed by atoms with Crippen LogP contribution >= 0.6 is 0 Å². The van der Waals surface area contributed by atoms with Crippen molar-refractivity contribution in [3.63, 3.8) is 0 Å². The summed E-state index contributed by atoms with van der Waals surface area (Å²) in [6.07, 6.45) is 0. The fourth-order valence-electron chi connectivity index (χ4n) is 3.43. The van der Waals surface area contributed by atoms with Crippen LogP contribution in [0.4, 0.5) is 0 Å². The van der Waals surface area contributed by atoms with E-state index in [1.54, 1.807) is 36.4 Å². The van der Waals surface area contributed by atoms with E-state index in [0.29, 0.717) is 29.0 Å². The van der Waals surface area contributed by atoms with Gasteiger partial charge in [-0.25, -0.2) is 9.78 Å². The number of carbonyl (C=O) groups excluding carboxylic acids is 2. The molecule has 4 rings (SSSR count). The van der Waals surface area contributed by atoms with Crippen molar-refractivity contribution in [2.24, 2.45) is 0 Å². The van der Waals surface area contributed by atoms with Crippen LogP contribution in [0.3, 0.4) is 0 Å². The van der Waals surface area contributed by atoms with Crippen LogP contribution in [-0.4, -0.2) is 34.5 Å². The molecule has 0 radical (unpaired) electrons. The van der Waals surface area contributed by atoms with Gasteiger partial charge in [0, 0.05) is 11.3 Å². The fourth-order valence-corrected chi connectivity index (χ4v) is 3.43. The first-order chi connectivity index (χ1) is 15.1. The molecule has 1 aromatic heterocycles. The van der Waals surface area contributed by atoms with Crippen LogP contribution in [0.5, 0.6) is 5.75 Å². The molecule has 0 atom stereocenters. The van der Waals surface area contributed by atoms with Crippen LogP contribution in [-0.2, 0) is 4.74 Å². The summed E-state index contributed by atoms with van der Waals surface area (Å²) < 4.78 is 12.6. The molecule has 0 spiro atoms. The lowest BCUT2D eigenvalue weighted by Gasteiger charge is -2.07. The summed E-state index contributed by atoms with van der Waals surface area (Å²) in [5.74, 6) is 0.668. The Balaban J connectivity index is 1.47. The highest BCUT2D eigenvalue weighted by Gasteiger charge is 2.15. The maximum Gasteiger partial charge on any atom is 0.338 e. The molecule has 6 nitrogen and oxygen atoms in total. The van der Waals surface area contributed by atoms with Crippen molar-refractivity contribution < 1.29 is 19.1 Å². The van der Waals surface area contributed by atoms with Crippen LogP contribution in [0.2, 0.25) is 0 Å². The third-order valence-corrected chi connectivity index (χ3v) is 4.89. The Hall–Kier alpha value is -3.93. The number of rotatable bonds is 7. The van der Waals surface area contributed by atoms with E-state index in [1.807, 2.05) is 54.8 Å². The van der Waals surface area contributed by atoms with Gasteiger partial charge in [-0.2, -0.15) is 0 Å². The van der Waals surface area contributed by atoms with Crippen LogP contribution in [0, 0.1) is 6.92 Å². The normalized spacial score (nSPS) is 10.8. The van der Waals surface area contributed by atoms with Crippen molar-refractivity contribution in [3.8, 4) is 11.4 Å². The quantitative estimate of drug-likeness (QED) is 0.322. The zero-order valence-corrected chi connectivity index (χ0v) is 17.4. The minimum absolute atomic E-state index is 0.276. The number of fused-ring (bicyclic) bond motifs is 1. The molecular formula is C25H22N2O4. The number of imidazole rings is 1. The summed E-state index contributed by atoms with van der Waals surface area (Å²) in [6.45, 7) is 4.03. The smallest absolute Gasteiger partial charge is 0.338 e. The summed E-state index contributed by atoms with van der Waals surface area (Å²) >= 11 is 0. The number of para-hydroxylation sites is 1. The minimum atomic E-state index is -0.562. The molecule has 1 heterocycles. The van der Waals surface area contributed by atoms with Gasteiger partial charge in [0.2, 0.25) is 0 Å². The third-order valence-electron chi connectivity index (χ3n) is 4.89. The lowest BCUT2D eigenvalue weighted by molar-refractivity contribution is 0.0475. The van der Waals surface area contributed by atoms with Crippen molar-refractivity contribution in [1.82, 2.24) is 9.55 Å². The number of aryl methyl sites for hydroxylation is 1. The second kappa shape index (κ2) is 8.83. The van der Waals surface area contributed by atoms with E-state index in [9.17, 15) is 9.59 Å². The number of carbonyl (C=O) groups is 2. The van der Waals surface area contributed by atoms with Crippen LogP contribution in [0.25, 0.3) is 16.7 Å². The summed E-state index contributed by atoms with van der Waals surface area (Å²) in [4.78, 5) is 29.4. The number of aromatic nitrogens is 2. The molecule has 0 amide bonds. The molecule has 0 N–H and O–H groups in total. The molecule has 4 aromatic rings. The van der Waals surface area contributed by atoms with Gasteiger partial charge in [0.1, 0.15) is 11.6 Å². The first kappa shape index (κ1) is 20.3. The van der Waals surface area contributed by atoms with Gasteiger partial charge >= 0.3 is 5.97 Å². The Bertz CT molecular complexity index is 1230. The number of hydrogen-bond donors (Lipinski definition) is 0. The lowest BCUT2D eigenvalue weighted by atomic mass is 10.1. The predicted molar refractivity (Wildman–Crippen MR) is 118 cm³/mol. The average molecular weight is 414 g/mol. The first-order valence-corrected chi connectivity index (χ1v) is 10.0. The zero-order valence-electron chi connectivity index (χ0n) is 17.4. The highest BCUT2D eigenvalue weighted by Crippen LogP contribution is 2.22. The van der Waals surface area contributed by atoms with Crippen molar-refractivity contribution in [3.05, 3.63) is 89.7 Å². The molecular weight excluding hydrogens is 392 g/mol. The first-order valence-electron chi connectivity index (χ1n) is 10.0. The molecule has 3 aromatic carbocycles. The fraction of sp³-hybridized carbons (Fsp3) is 0.160.